The summed E-state index contributed by atoms with van der Waals surface area (Å²) in [6.45, 7) is 3.35. The molecular formula is C21H27ClN6O2. The predicted molar refractivity (Wildman–Crippen MR) is 115 cm³/mol. The van der Waals surface area contributed by atoms with Crippen LogP contribution in [0.25, 0.3) is 11.4 Å². The number of urea groups is 1. The highest BCUT2D eigenvalue weighted by molar-refractivity contribution is 6.33. The van der Waals surface area contributed by atoms with E-state index in [2.05, 4.69) is 27.6 Å². The average molecular weight is 431 g/mol. The molecule has 0 bridgehead atoms. The number of aromatic nitrogens is 3. The summed E-state index contributed by atoms with van der Waals surface area (Å²) < 4.78 is 1.60. The molecule has 2 unspecified atom stereocenters. The standard InChI is InChI=1S/C21H27ClN6O2/c1-13-7-8-28(16(9-13)11-23-20(29)14-3-4-14)21(30)25-15-5-6-18(22)17(10-15)19-24-12-27(2)26-19/h5-6,10,12-14,16H,3-4,7-9,11H2,1-2H3,(H,23,29)(H,25,30). The molecule has 160 valence electrons. The summed E-state index contributed by atoms with van der Waals surface area (Å²) in [7, 11) is 1.79. The number of rotatable bonds is 5. The number of anilines is 1. The van der Waals surface area contributed by atoms with Crippen molar-refractivity contribution in [1.29, 1.82) is 0 Å². The number of hydrogen-bond donors (Lipinski definition) is 2. The zero-order valence-electron chi connectivity index (χ0n) is 17.3. The quantitative estimate of drug-likeness (QED) is 0.761. The van der Waals surface area contributed by atoms with Crippen molar-refractivity contribution in [2.75, 3.05) is 18.4 Å². The second-order valence-corrected chi connectivity index (χ2v) is 8.77. The number of halogens is 1. The van der Waals surface area contributed by atoms with Crippen LogP contribution >= 0.6 is 11.6 Å². The Morgan fingerprint density at radius 1 is 1.27 bits per heavy atom. The predicted octanol–water partition coefficient (Wildman–Crippen LogP) is 3.29. The molecule has 4 rings (SSSR count). The van der Waals surface area contributed by atoms with Crippen LogP contribution in [0.5, 0.6) is 0 Å². The van der Waals surface area contributed by atoms with Crippen LogP contribution in [0.1, 0.15) is 32.6 Å². The van der Waals surface area contributed by atoms with Crippen LogP contribution in [0.3, 0.4) is 0 Å². The van der Waals surface area contributed by atoms with Crippen molar-refractivity contribution >= 4 is 29.2 Å². The van der Waals surface area contributed by atoms with Crippen molar-refractivity contribution in [3.63, 3.8) is 0 Å². The first-order valence-electron chi connectivity index (χ1n) is 10.4. The first kappa shape index (κ1) is 20.7. The third kappa shape index (κ3) is 4.75. The fraction of sp³-hybridized carbons (Fsp3) is 0.524. The molecule has 2 aromatic rings. The van der Waals surface area contributed by atoms with Gasteiger partial charge >= 0.3 is 6.03 Å². The molecule has 1 saturated heterocycles. The average Bonchev–Trinajstić information content (AvgIpc) is 3.48. The van der Waals surface area contributed by atoms with Gasteiger partial charge < -0.3 is 15.5 Å². The number of benzene rings is 1. The maximum atomic E-state index is 13.0. The van der Waals surface area contributed by atoms with Crippen LogP contribution in [0, 0.1) is 11.8 Å². The minimum atomic E-state index is -0.171. The highest BCUT2D eigenvalue weighted by atomic mass is 35.5. The summed E-state index contributed by atoms with van der Waals surface area (Å²) in [5, 5.41) is 10.8. The van der Waals surface area contributed by atoms with Gasteiger partial charge in [0.05, 0.1) is 11.1 Å². The van der Waals surface area contributed by atoms with E-state index in [9.17, 15) is 9.59 Å². The van der Waals surface area contributed by atoms with E-state index < -0.39 is 0 Å². The minimum absolute atomic E-state index is 0.0133. The van der Waals surface area contributed by atoms with Crippen LogP contribution in [0.15, 0.2) is 24.5 Å². The summed E-state index contributed by atoms with van der Waals surface area (Å²) in [5.41, 5.74) is 1.29. The molecule has 1 aliphatic heterocycles. The fourth-order valence-corrected chi connectivity index (χ4v) is 4.06. The Kier molecular flexibility index (Phi) is 5.94. The number of hydrogen-bond acceptors (Lipinski definition) is 4. The molecule has 1 aliphatic carbocycles. The van der Waals surface area contributed by atoms with Gasteiger partial charge in [0, 0.05) is 37.3 Å². The topological polar surface area (TPSA) is 92.2 Å². The van der Waals surface area contributed by atoms with Crippen molar-refractivity contribution in [1.82, 2.24) is 25.0 Å². The van der Waals surface area contributed by atoms with E-state index >= 15 is 0 Å². The monoisotopic (exact) mass is 430 g/mol. The third-order valence-electron chi connectivity index (χ3n) is 5.76. The zero-order chi connectivity index (χ0) is 21.3. The highest BCUT2D eigenvalue weighted by Gasteiger charge is 2.33. The van der Waals surface area contributed by atoms with Crippen LogP contribution in [0.4, 0.5) is 10.5 Å². The Morgan fingerprint density at radius 2 is 2.07 bits per heavy atom. The maximum absolute atomic E-state index is 13.0. The first-order valence-corrected chi connectivity index (χ1v) is 10.8. The Hall–Kier alpha value is -2.61. The van der Waals surface area contributed by atoms with E-state index in [-0.39, 0.29) is 23.9 Å². The summed E-state index contributed by atoms with van der Waals surface area (Å²) in [6.07, 6.45) is 5.38. The summed E-state index contributed by atoms with van der Waals surface area (Å²) >= 11 is 6.31. The molecule has 2 heterocycles. The van der Waals surface area contributed by atoms with Crippen LogP contribution < -0.4 is 10.6 Å². The largest absolute Gasteiger partial charge is 0.354 e. The molecule has 1 aromatic heterocycles. The number of piperidine rings is 1. The zero-order valence-corrected chi connectivity index (χ0v) is 18.0. The van der Waals surface area contributed by atoms with Gasteiger partial charge in [0.25, 0.3) is 0 Å². The van der Waals surface area contributed by atoms with Crippen molar-refractivity contribution in [3.8, 4) is 11.4 Å². The molecule has 8 nitrogen and oxygen atoms in total. The van der Waals surface area contributed by atoms with E-state index in [4.69, 9.17) is 11.6 Å². The highest BCUT2D eigenvalue weighted by Crippen LogP contribution is 2.30. The normalized spacial score (nSPS) is 21.4. The SMILES string of the molecule is CC1CCN(C(=O)Nc2ccc(Cl)c(-c3ncn(C)n3)c2)C(CNC(=O)C2CC2)C1. The number of amides is 3. The lowest BCUT2D eigenvalue weighted by Crippen LogP contribution is -2.52. The Bertz CT molecular complexity index is 941. The van der Waals surface area contributed by atoms with E-state index in [1.54, 1.807) is 36.3 Å². The molecule has 2 fully saturated rings. The molecule has 0 radical (unpaired) electrons. The van der Waals surface area contributed by atoms with E-state index in [0.717, 1.165) is 25.7 Å². The van der Waals surface area contributed by atoms with E-state index in [0.29, 0.717) is 41.1 Å². The van der Waals surface area contributed by atoms with Gasteiger partial charge in [0.2, 0.25) is 5.91 Å². The van der Waals surface area contributed by atoms with Gasteiger partial charge in [-0.1, -0.05) is 18.5 Å². The number of carbonyl (C=O) groups is 2. The van der Waals surface area contributed by atoms with Crippen molar-refractivity contribution in [2.45, 2.75) is 38.6 Å². The third-order valence-corrected chi connectivity index (χ3v) is 6.09. The Balaban J connectivity index is 1.45. The second-order valence-electron chi connectivity index (χ2n) is 8.36. The van der Waals surface area contributed by atoms with Crippen LogP contribution in [0.2, 0.25) is 5.02 Å². The van der Waals surface area contributed by atoms with Gasteiger partial charge in [-0.15, -0.1) is 0 Å². The van der Waals surface area contributed by atoms with Crippen LogP contribution in [-0.2, 0) is 11.8 Å². The molecule has 30 heavy (non-hydrogen) atoms. The van der Waals surface area contributed by atoms with Gasteiger partial charge in [0.1, 0.15) is 6.33 Å². The van der Waals surface area contributed by atoms with E-state index in [1.165, 1.54) is 0 Å². The molecule has 3 amide bonds. The number of carbonyl (C=O) groups excluding carboxylic acids is 2. The molecular weight excluding hydrogens is 404 g/mol. The maximum Gasteiger partial charge on any atom is 0.322 e. The molecule has 2 N–H and O–H groups in total. The van der Waals surface area contributed by atoms with Gasteiger partial charge in [-0.25, -0.2) is 9.78 Å². The number of aryl methyl sites for hydroxylation is 1. The summed E-state index contributed by atoms with van der Waals surface area (Å²) in [5.74, 6) is 1.31. The van der Waals surface area contributed by atoms with Gasteiger partial charge in [-0.05, 0) is 49.8 Å². The number of likely N-dealkylation sites (tertiary alicyclic amines) is 1. The molecule has 0 spiro atoms. The lowest BCUT2D eigenvalue weighted by Gasteiger charge is -2.38. The van der Waals surface area contributed by atoms with Crippen LogP contribution in [-0.4, -0.2) is 50.7 Å². The van der Waals surface area contributed by atoms with Gasteiger partial charge in [0.15, 0.2) is 5.82 Å². The molecule has 2 atom stereocenters. The fourth-order valence-electron chi connectivity index (χ4n) is 3.85. The smallest absolute Gasteiger partial charge is 0.322 e. The first-order chi connectivity index (χ1) is 14.4. The second kappa shape index (κ2) is 8.63. The lowest BCUT2D eigenvalue weighted by molar-refractivity contribution is -0.122. The number of nitrogens with one attached hydrogen (secondary N) is 2. The minimum Gasteiger partial charge on any atom is -0.354 e. The summed E-state index contributed by atoms with van der Waals surface area (Å²) in [6, 6.07) is 5.10. The summed E-state index contributed by atoms with van der Waals surface area (Å²) in [4.78, 5) is 31.2. The van der Waals surface area contributed by atoms with E-state index in [1.807, 2.05) is 4.90 Å². The molecule has 1 saturated carbocycles. The Morgan fingerprint density at radius 3 is 2.77 bits per heavy atom. The van der Waals surface area contributed by atoms with Gasteiger partial charge in [-0.2, -0.15) is 5.10 Å². The number of nitrogens with zero attached hydrogens (tertiary/aromatic N) is 4. The molecule has 1 aromatic carbocycles. The van der Waals surface area contributed by atoms with Gasteiger partial charge in [-0.3, -0.25) is 9.48 Å². The Labute approximate surface area is 181 Å². The lowest BCUT2D eigenvalue weighted by atomic mass is 9.92. The van der Waals surface area contributed by atoms with Crippen molar-refractivity contribution in [2.24, 2.45) is 18.9 Å². The molecule has 2 aliphatic rings. The molecule has 9 heteroatoms. The van der Waals surface area contributed by atoms with Crippen molar-refractivity contribution < 1.29 is 9.59 Å². The van der Waals surface area contributed by atoms with Crippen molar-refractivity contribution in [3.05, 3.63) is 29.5 Å².